The first-order valence-electron chi connectivity index (χ1n) is 8.60. The molecule has 134 valence electrons. The van der Waals surface area contributed by atoms with E-state index in [0.717, 1.165) is 47.4 Å². The van der Waals surface area contributed by atoms with Crippen LogP contribution in [-0.2, 0) is 11.3 Å². The van der Waals surface area contributed by atoms with Gasteiger partial charge in [-0.1, -0.05) is 41.9 Å². The number of aromatic nitrogens is 4. The SMILES string of the molecule is Cc1nc(Cl)cc(Sc2ncc(-c3ccccc3)n2CC2CCCO2)n1. The van der Waals surface area contributed by atoms with Gasteiger partial charge >= 0.3 is 0 Å². The lowest BCUT2D eigenvalue weighted by atomic mass is 10.1. The number of hydrogen-bond acceptors (Lipinski definition) is 5. The van der Waals surface area contributed by atoms with Crippen molar-refractivity contribution in [3.63, 3.8) is 0 Å². The molecule has 1 aliphatic heterocycles. The van der Waals surface area contributed by atoms with Gasteiger partial charge in [-0.15, -0.1) is 0 Å². The van der Waals surface area contributed by atoms with Gasteiger partial charge < -0.3 is 9.30 Å². The second kappa shape index (κ2) is 7.78. The largest absolute Gasteiger partial charge is 0.376 e. The molecule has 3 heterocycles. The molecule has 1 unspecified atom stereocenters. The van der Waals surface area contributed by atoms with Crippen LogP contribution in [0.25, 0.3) is 11.3 Å². The Balaban J connectivity index is 1.70. The molecule has 0 aliphatic carbocycles. The molecule has 1 saturated heterocycles. The number of aryl methyl sites for hydroxylation is 1. The molecule has 0 saturated carbocycles. The summed E-state index contributed by atoms with van der Waals surface area (Å²) < 4.78 is 8.08. The molecule has 2 aromatic heterocycles. The van der Waals surface area contributed by atoms with Crippen molar-refractivity contribution in [3.05, 3.63) is 53.6 Å². The van der Waals surface area contributed by atoms with E-state index in [1.165, 1.54) is 11.8 Å². The number of benzene rings is 1. The molecule has 26 heavy (non-hydrogen) atoms. The summed E-state index contributed by atoms with van der Waals surface area (Å²) in [7, 11) is 0. The van der Waals surface area contributed by atoms with Crippen molar-refractivity contribution < 1.29 is 4.74 Å². The van der Waals surface area contributed by atoms with Crippen LogP contribution in [0.5, 0.6) is 0 Å². The summed E-state index contributed by atoms with van der Waals surface area (Å²) in [4.78, 5) is 13.3. The molecule has 3 aromatic rings. The van der Waals surface area contributed by atoms with Gasteiger partial charge in [0.15, 0.2) is 5.16 Å². The van der Waals surface area contributed by atoms with Crippen LogP contribution >= 0.6 is 23.4 Å². The minimum absolute atomic E-state index is 0.224. The summed E-state index contributed by atoms with van der Waals surface area (Å²) in [6, 6.07) is 12.1. The molecule has 1 fully saturated rings. The van der Waals surface area contributed by atoms with Crippen molar-refractivity contribution in [2.24, 2.45) is 0 Å². The zero-order chi connectivity index (χ0) is 17.9. The van der Waals surface area contributed by atoms with Crippen molar-refractivity contribution >= 4 is 23.4 Å². The van der Waals surface area contributed by atoms with Crippen LogP contribution in [-0.4, -0.2) is 32.2 Å². The highest BCUT2D eigenvalue weighted by Gasteiger charge is 2.21. The fourth-order valence-electron chi connectivity index (χ4n) is 3.10. The highest BCUT2D eigenvalue weighted by molar-refractivity contribution is 7.99. The lowest BCUT2D eigenvalue weighted by molar-refractivity contribution is 0.0954. The van der Waals surface area contributed by atoms with E-state index in [0.29, 0.717) is 11.0 Å². The molecule has 1 atom stereocenters. The molecular weight excluding hydrogens is 368 g/mol. The number of halogens is 1. The van der Waals surface area contributed by atoms with E-state index in [9.17, 15) is 0 Å². The molecule has 0 radical (unpaired) electrons. The smallest absolute Gasteiger partial charge is 0.174 e. The highest BCUT2D eigenvalue weighted by Crippen LogP contribution is 2.32. The van der Waals surface area contributed by atoms with Crippen molar-refractivity contribution in [2.75, 3.05) is 6.61 Å². The second-order valence-electron chi connectivity index (χ2n) is 6.22. The standard InChI is InChI=1S/C19H19ClN4OS/c1-13-22-17(20)10-18(23-13)26-19-21-11-16(14-6-3-2-4-7-14)24(19)12-15-8-5-9-25-15/h2-4,6-7,10-11,15H,5,8-9,12H2,1H3. The fourth-order valence-corrected chi connectivity index (χ4v) is 4.31. The monoisotopic (exact) mass is 386 g/mol. The first kappa shape index (κ1) is 17.5. The molecule has 0 amide bonds. The second-order valence-corrected chi connectivity index (χ2v) is 7.59. The maximum absolute atomic E-state index is 6.08. The lowest BCUT2D eigenvalue weighted by Gasteiger charge is -2.16. The highest BCUT2D eigenvalue weighted by atomic mass is 35.5. The van der Waals surface area contributed by atoms with E-state index in [1.807, 2.05) is 31.3 Å². The van der Waals surface area contributed by atoms with E-state index in [2.05, 4.69) is 31.7 Å². The number of nitrogens with zero attached hydrogens (tertiary/aromatic N) is 4. The van der Waals surface area contributed by atoms with Crippen LogP contribution < -0.4 is 0 Å². The van der Waals surface area contributed by atoms with Crippen LogP contribution in [0.4, 0.5) is 0 Å². The van der Waals surface area contributed by atoms with Gasteiger partial charge in [-0.05, 0) is 37.1 Å². The summed E-state index contributed by atoms with van der Waals surface area (Å²) in [6.45, 7) is 3.46. The van der Waals surface area contributed by atoms with Gasteiger partial charge in [-0.2, -0.15) is 0 Å². The number of ether oxygens (including phenoxy) is 1. The molecule has 7 heteroatoms. The van der Waals surface area contributed by atoms with Gasteiger partial charge in [-0.25, -0.2) is 15.0 Å². The van der Waals surface area contributed by atoms with Crippen LogP contribution in [0, 0.1) is 6.92 Å². The van der Waals surface area contributed by atoms with Crippen LogP contribution in [0.2, 0.25) is 5.15 Å². The predicted molar refractivity (Wildman–Crippen MR) is 103 cm³/mol. The maximum atomic E-state index is 6.08. The summed E-state index contributed by atoms with van der Waals surface area (Å²) in [5.74, 6) is 0.653. The van der Waals surface area contributed by atoms with E-state index >= 15 is 0 Å². The Morgan fingerprint density at radius 3 is 2.85 bits per heavy atom. The number of imidazole rings is 1. The first-order chi connectivity index (χ1) is 12.7. The lowest BCUT2D eigenvalue weighted by Crippen LogP contribution is -2.16. The average molecular weight is 387 g/mol. The average Bonchev–Trinajstić information content (AvgIpc) is 3.26. The Morgan fingerprint density at radius 1 is 1.27 bits per heavy atom. The maximum Gasteiger partial charge on any atom is 0.174 e. The van der Waals surface area contributed by atoms with Crippen molar-refractivity contribution in [3.8, 4) is 11.3 Å². The number of hydrogen-bond donors (Lipinski definition) is 0. The van der Waals surface area contributed by atoms with Gasteiger partial charge in [0, 0.05) is 12.7 Å². The first-order valence-corrected chi connectivity index (χ1v) is 9.80. The molecule has 0 N–H and O–H groups in total. The van der Waals surface area contributed by atoms with Gasteiger partial charge in [0.05, 0.1) is 24.5 Å². The summed E-state index contributed by atoms with van der Waals surface area (Å²) in [6.07, 6.45) is 4.34. The number of rotatable bonds is 5. The van der Waals surface area contributed by atoms with Crippen LogP contribution in [0.15, 0.2) is 52.8 Å². The zero-order valence-electron chi connectivity index (χ0n) is 14.4. The third-order valence-corrected chi connectivity index (χ3v) is 5.40. The Morgan fingerprint density at radius 2 is 2.12 bits per heavy atom. The van der Waals surface area contributed by atoms with Gasteiger partial charge in [-0.3, -0.25) is 0 Å². The van der Waals surface area contributed by atoms with Gasteiger partial charge in [0.1, 0.15) is 16.0 Å². The van der Waals surface area contributed by atoms with E-state index in [1.54, 1.807) is 6.07 Å². The molecule has 1 aromatic carbocycles. The quantitative estimate of drug-likeness (QED) is 0.598. The summed E-state index contributed by atoms with van der Waals surface area (Å²) in [5, 5.41) is 2.12. The summed E-state index contributed by atoms with van der Waals surface area (Å²) >= 11 is 7.59. The summed E-state index contributed by atoms with van der Waals surface area (Å²) in [5.41, 5.74) is 2.22. The van der Waals surface area contributed by atoms with E-state index in [-0.39, 0.29) is 6.10 Å². The fraction of sp³-hybridized carbons (Fsp3) is 0.316. The molecule has 4 rings (SSSR count). The Kier molecular flexibility index (Phi) is 5.24. The minimum Gasteiger partial charge on any atom is -0.376 e. The van der Waals surface area contributed by atoms with Crippen molar-refractivity contribution in [1.29, 1.82) is 0 Å². The Bertz CT molecular complexity index is 874. The van der Waals surface area contributed by atoms with Crippen LogP contribution in [0.1, 0.15) is 18.7 Å². The zero-order valence-corrected chi connectivity index (χ0v) is 16.0. The van der Waals surface area contributed by atoms with Crippen molar-refractivity contribution in [1.82, 2.24) is 19.5 Å². The molecule has 0 bridgehead atoms. The van der Waals surface area contributed by atoms with E-state index < -0.39 is 0 Å². The van der Waals surface area contributed by atoms with Gasteiger partial charge in [0.25, 0.3) is 0 Å². The minimum atomic E-state index is 0.224. The topological polar surface area (TPSA) is 52.8 Å². The molecule has 1 aliphatic rings. The van der Waals surface area contributed by atoms with Gasteiger partial charge in [0.2, 0.25) is 0 Å². The van der Waals surface area contributed by atoms with E-state index in [4.69, 9.17) is 16.3 Å². The van der Waals surface area contributed by atoms with Crippen LogP contribution in [0.3, 0.4) is 0 Å². The molecule has 5 nitrogen and oxygen atoms in total. The third kappa shape index (κ3) is 3.92. The van der Waals surface area contributed by atoms with Crippen molar-refractivity contribution in [2.45, 2.75) is 42.6 Å². The predicted octanol–water partition coefficient (Wildman–Crippen LogP) is 4.63. The molecular formula is C19H19ClN4OS. The Hall–Kier alpha value is -1.89. The third-order valence-electron chi connectivity index (χ3n) is 4.28. The Labute approximate surface area is 161 Å². The normalized spacial score (nSPS) is 16.9. The molecule has 0 spiro atoms.